The highest BCUT2D eigenvalue weighted by Crippen LogP contribution is 2.29. The number of hydrogen-bond acceptors (Lipinski definition) is 3. The molecular formula is C17H18N4. The first kappa shape index (κ1) is 13.4. The summed E-state index contributed by atoms with van der Waals surface area (Å²) in [6, 6.07) is 14.3. The van der Waals surface area contributed by atoms with Crippen molar-refractivity contribution in [3.63, 3.8) is 0 Å². The zero-order valence-corrected chi connectivity index (χ0v) is 12.5. The van der Waals surface area contributed by atoms with E-state index in [2.05, 4.69) is 42.4 Å². The second-order valence-corrected chi connectivity index (χ2v) is 5.34. The van der Waals surface area contributed by atoms with Crippen molar-refractivity contribution in [2.75, 3.05) is 5.73 Å². The van der Waals surface area contributed by atoms with Crippen molar-refractivity contribution >= 4 is 5.82 Å². The molecule has 2 aromatic carbocycles. The van der Waals surface area contributed by atoms with Gasteiger partial charge in [0.1, 0.15) is 5.69 Å². The molecule has 4 heteroatoms. The van der Waals surface area contributed by atoms with E-state index < -0.39 is 0 Å². The van der Waals surface area contributed by atoms with Crippen molar-refractivity contribution < 1.29 is 0 Å². The predicted octanol–water partition coefficient (Wildman–Crippen LogP) is 3.44. The lowest BCUT2D eigenvalue weighted by atomic mass is 10.0. The molecule has 0 saturated carbocycles. The number of aromatic nitrogens is 3. The first-order chi connectivity index (χ1) is 10.1. The van der Waals surface area contributed by atoms with E-state index in [1.54, 1.807) is 4.68 Å². The van der Waals surface area contributed by atoms with Crippen LogP contribution in [0.5, 0.6) is 0 Å². The summed E-state index contributed by atoms with van der Waals surface area (Å²) in [5.74, 6) is 0.568. The van der Waals surface area contributed by atoms with Gasteiger partial charge in [-0.25, -0.2) is 0 Å². The van der Waals surface area contributed by atoms with Crippen LogP contribution in [0.1, 0.15) is 16.7 Å². The van der Waals surface area contributed by atoms with Crippen LogP contribution in [0.15, 0.2) is 42.5 Å². The topological polar surface area (TPSA) is 56.7 Å². The minimum atomic E-state index is 0.568. The maximum absolute atomic E-state index is 6.29. The molecule has 2 N–H and O–H groups in total. The number of anilines is 1. The zero-order valence-electron chi connectivity index (χ0n) is 12.5. The van der Waals surface area contributed by atoms with Gasteiger partial charge >= 0.3 is 0 Å². The third-order valence-corrected chi connectivity index (χ3v) is 3.70. The Morgan fingerprint density at radius 2 is 1.71 bits per heavy atom. The number of para-hydroxylation sites is 1. The SMILES string of the molecule is Cc1ccc(C)c(-c2nnn(-c3ccccc3C)c2N)c1. The monoisotopic (exact) mass is 278 g/mol. The standard InChI is InChI=1S/C17H18N4/c1-11-8-9-12(2)14(10-11)16-17(18)21(20-19-16)15-7-5-4-6-13(15)3/h4-10H,18H2,1-3H3. The van der Waals surface area contributed by atoms with Crippen molar-refractivity contribution in [3.05, 3.63) is 59.2 Å². The molecule has 1 aromatic heterocycles. The van der Waals surface area contributed by atoms with E-state index in [0.29, 0.717) is 5.82 Å². The number of aryl methyl sites for hydroxylation is 3. The van der Waals surface area contributed by atoms with Crippen LogP contribution in [0.25, 0.3) is 16.9 Å². The summed E-state index contributed by atoms with van der Waals surface area (Å²) in [7, 11) is 0. The van der Waals surface area contributed by atoms with Gasteiger partial charge in [-0.3, -0.25) is 0 Å². The van der Waals surface area contributed by atoms with Crippen LogP contribution < -0.4 is 5.73 Å². The van der Waals surface area contributed by atoms with Gasteiger partial charge in [-0.05, 0) is 44.0 Å². The summed E-state index contributed by atoms with van der Waals surface area (Å²) in [6.07, 6.45) is 0. The van der Waals surface area contributed by atoms with E-state index in [9.17, 15) is 0 Å². The lowest BCUT2D eigenvalue weighted by Gasteiger charge is -2.08. The fraction of sp³-hybridized carbons (Fsp3) is 0.176. The van der Waals surface area contributed by atoms with E-state index in [1.807, 2.05) is 31.2 Å². The van der Waals surface area contributed by atoms with E-state index in [0.717, 1.165) is 28.1 Å². The maximum atomic E-state index is 6.29. The number of nitrogens with zero attached hydrogens (tertiary/aromatic N) is 3. The summed E-state index contributed by atoms with van der Waals surface area (Å²) < 4.78 is 1.70. The van der Waals surface area contributed by atoms with Crippen LogP contribution in [0, 0.1) is 20.8 Å². The van der Waals surface area contributed by atoms with Gasteiger partial charge in [0.25, 0.3) is 0 Å². The average Bonchev–Trinajstić information content (AvgIpc) is 2.84. The molecule has 0 saturated heterocycles. The number of nitrogen functional groups attached to an aromatic ring is 1. The molecule has 0 atom stereocenters. The van der Waals surface area contributed by atoms with Gasteiger partial charge in [0.2, 0.25) is 0 Å². The van der Waals surface area contributed by atoms with E-state index in [1.165, 1.54) is 5.56 Å². The number of nitrogens with two attached hydrogens (primary N) is 1. The summed E-state index contributed by atoms with van der Waals surface area (Å²) >= 11 is 0. The Kier molecular flexibility index (Phi) is 3.22. The summed E-state index contributed by atoms with van der Waals surface area (Å²) in [5.41, 5.74) is 12.5. The second kappa shape index (κ2) is 5.05. The zero-order chi connectivity index (χ0) is 15.0. The summed E-state index contributed by atoms with van der Waals surface area (Å²) in [4.78, 5) is 0. The van der Waals surface area contributed by atoms with Crippen LogP contribution in [0.4, 0.5) is 5.82 Å². The molecule has 106 valence electrons. The Hall–Kier alpha value is -2.62. The van der Waals surface area contributed by atoms with E-state index >= 15 is 0 Å². The van der Waals surface area contributed by atoms with E-state index in [-0.39, 0.29) is 0 Å². The molecule has 0 aliphatic heterocycles. The molecule has 0 fully saturated rings. The van der Waals surface area contributed by atoms with Crippen molar-refractivity contribution in [3.8, 4) is 16.9 Å². The highest BCUT2D eigenvalue weighted by atomic mass is 15.5. The second-order valence-electron chi connectivity index (χ2n) is 5.34. The Bertz CT molecular complexity index is 802. The smallest absolute Gasteiger partial charge is 0.155 e. The Labute approximate surface area is 124 Å². The average molecular weight is 278 g/mol. The van der Waals surface area contributed by atoms with Gasteiger partial charge in [0, 0.05) is 5.56 Å². The Morgan fingerprint density at radius 3 is 2.48 bits per heavy atom. The molecule has 0 spiro atoms. The minimum absolute atomic E-state index is 0.568. The molecular weight excluding hydrogens is 260 g/mol. The number of rotatable bonds is 2. The lowest BCUT2D eigenvalue weighted by molar-refractivity contribution is 0.806. The molecule has 0 amide bonds. The first-order valence-corrected chi connectivity index (χ1v) is 6.92. The van der Waals surface area contributed by atoms with Crippen molar-refractivity contribution in [1.29, 1.82) is 0 Å². The Morgan fingerprint density at radius 1 is 0.952 bits per heavy atom. The van der Waals surface area contributed by atoms with Crippen LogP contribution in [-0.4, -0.2) is 15.0 Å². The highest BCUT2D eigenvalue weighted by Gasteiger charge is 2.15. The lowest BCUT2D eigenvalue weighted by Crippen LogP contribution is -2.04. The largest absolute Gasteiger partial charge is 0.382 e. The van der Waals surface area contributed by atoms with Gasteiger partial charge in [0.05, 0.1) is 5.69 Å². The fourth-order valence-electron chi connectivity index (χ4n) is 2.45. The minimum Gasteiger partial charge on any atom is -0.382 e. The molecule has 0 radical (unpaired) electrons. The molecule has 21 heavy (non-hydrogen) atoms. The van der Waals surface area contributed by atoms with Crippen molar-refractivity contribution in [2.45, 2.75) is 20.8 Å². The normalized spacial score (nSPS) is 10.8. The molecule has 0 unspecified atom stereocenters. The Balaban J connectivity index is 2.16. The van der Waals surface area contributed by atoms with Crippen LogP contribution in [0.2, 0.25) is 0 Å². The maximum Gasteiger partial charge on any atom is 0.155 e. The van der Waals surface area contributed by atoms with Gasteiger partial charge in [-0.1, -0.05) is 41.1 Å². The molecule has 0 aliphatic carbocycles. The van der Waals surface area contributed by atoms with Crippen molar-refractivity contribution in [1.82, 2.24) is 15.0 Å². The first-order valence-electron chi connectivity index (χ1n) is 6.92. The van der Waals surface area contributed by atoms with Crippen molar-refractivity contribution in [2.24, 2.45) is 0 Å². The third-order valence-electron chi connectivity index (χ3n) is 3.70. The van der Waals surface area contributed by atoms with E-state index in [4.69, 9.17) is 5.73 Å². The molecule has 3 rings (SSSR count). The molecule has 0 bridgehead atoms. The van der Waals surface area contributed by atoms with Crippen LogP contribution >= 0.6 is 0 Å². The molecule has 0 aliphatic rings. The fourth-order valence-corrected chi connectivity index (χ4v) is 2.45. The quantitative estimate of drug-likeness (QED) is 0.781. The van der Waals surface area contributed by atoms with Gasteiger partial charge in [0.15, 0.2) is 5.82 Å². The summed E-state index contributed by atoms with van der Waals surface area (Å²) in [5, 5.41) is 8.53. The molecule has 4 nitrogen and oxygen atoms in total. The predicted molar refractivity (Wildman–Crippen MR) is 85.4 cm³/mol. The van der Waals surface area contributed by atoms with Crippen LogP contribution in [0.3, 0.4) is 0 Å². The van der Waals surface area contributed by atoms with Crippen LogP contribution in [-0.2, 0) is 0 Å². The highest BCUT2D eigenvalue weighted by molar-refractivity contribution is 5.74. The van der Waals surface area contributed by atoms with Gasteiger partial charge in [-0.2, -0.15) is 4.68 Å². The number of hydrogen-bond donors (Lipinski definition) is 1. The van der Waals surface area contributed by atoms with Gasteiger partial charge < -0.3 is 5.73 Å². The molecule has 3 aromatic rings. The molecule has 1 heterocycles. The van der Waals surface area contributed by atoms with Gasteiger partial charge in [-0.15, -0.1) is 5.10 Å². The third kappa shape index (κ3) is 2.29. The number of benzene rings is 2. The summed E-state index contributed by atoms with van der Waals surface area (Å²) in [6.45, 7) is 6.15.